The molecule has 26 heavy (non-hydrogen) atoms. The van der Waals surface area contributed by atoms with Crippen molar-refractivity contribution in [1.82, 2.24) is 0 Å². The van der Waals surface area contributed by atoms with E-state index in [0.29, 0.717) is 5.75 Å². The Morgan fingerprint density at radius 3 is 2.00 bits per heavy atom. The van der Waals surface area contributed by atoms with Crippen LogP contribution in [0.25, 0.3) is 0 Å². The predicted octanol–water partition coefficient (Wildman–Crippen LogP) is 4.52. The van der Waals surface area contributed by atoms with Gasteiger partial charge in [-0.15, -0.1) is 0 Å². The van der Waals surface area contributed by atoms with Crippen molar-refractivity contribution in [3.63, 3.8) is 0 Å². The van der Waals surface area contributed by atoms with E-state index in [2.05, 4.69) is 0 Å². The Morgan fingerprint density at radius 1 is 0.808 bits per heavy atom. The Balaban J connectivity index is 1.82. The van der Waals surface area contributed by atoms with Crippen molar-refractivity contribution in [2.75, 3.05) is 6.61 Å². The van der Waals surface area contributed by atoms with Gasteiger partial charge in [-0.25, -0.2) is 0 Å². The molecule has 5 heteroatoms. The molecule has 3 rings (SSSR count). The first kappa shape index (κ1) is 18.2. The van der Waals surface area contributed by atoms with E-state index in [4.69, 9.17) is 8.92 Å². The number of ether oxygens (including phenoxy) is 1. The summed E-state index contributed by atoms with van der Waals surface area (Å²) in [6.45, 7) is 1.98. The van der Waals surface area contributed by atoms with Crippen molar-refractivity contribution in [3.8, 4) is 5.75 Å². The standard InChI is InChI=1S/C21H20O4S/c1-17-12-14-20(15-13-17)26(22,23)25-21(18-8-4-2-5-9-18)16-24-19-10-6-3-7-11-19/h2-15,21H,16H2,1H3. The average Bonchev–Trinajstić information content (AvgIpc) is 2.67. The summed E-state index contributed by atoms with van der Waals surface area (Å²) in [5.74, 6) is 0.657. The van der Waals surface area contributed by atoms with Crippen LogP contribution in [0.2, 0.25) is 0 Å². The molecule has 0 aliphatic carbocycles. The van der Waals surface area contributed by atoms with Gasteiger partial charge < -0.3 is 4.74 Å². The normalized spacial score (nSPS) is 12.5. The molecule has 134 valence electrons. The van der Waals surface area contributed by atoms with Gasteiger partial charge in [0.2, 0.25) is 0 Å². The number of hydrogen-bond donors (Lipinski definition) is 0. The van der Waals surface area contributed by atoms with Gasteiger partial charge in [-0.2, -0.15) is 8.42 Å². The SMILES string of the molecule is Cc1ccc(S(=O)(=O)OC(COc2ccccc2)c2ccccc2)cc1. The molecule has 0 saturated heterocycles. The smallest absolute Gasteiger partial charge is 0.297 e. The van der Waals surface area contributed by atoms with E-state index in [1.54, 1.807) is 24.3 Å². The van der Waals surface area contributed by atoms with Crippen molar-refractivity contribution in [3.05, 3.63) is 96.1 Å². The molecule has 1 atom stereocenters. The Kier molecular flexibility index (Phi) is 5.71. The third-order valence-corrected chi connectivity index (χ3v) is 5.20. The fraction of sp³-hybridized carbons (Fsp3) is 0.143. The highest BCUT2D eigenvalue weighted by Crippen LogP contribution is 2.25. The molecule has 0 bridgehead atoms. The lowest BCUT2D eigenvalue weighted by atomic mass is 10.1. The zero-order chi connectivity index (χ0) is 18.4. The quantitative estimate of drug-likeness (QED) is 0.575. The lowest BCUT2D eigenvalue weighted by Gasteiger charge is -2.19. The van der Waals surface area contributed by atoms with Gasteiger partial charge in [-0.3, -0.25) is 4.18 Å². The molecule has 3 aromatic carbocycles. The van der Waals surface area contributed by atoms with E-state index in [0.717, 1.165) is 11.1 Å². The van der Waals surface area contributed by atoms with Crippen LogP contribution in [0, 0.1) is 6.92 Å². The van der Waals surface area contributed by atoms with Gasteiger partial charge in [0, 0.05) is 0 Å². The lowest BCUT2D eigenvalue weighted by Crippen LogP contribution is -2.18. The molecule has 0 fully saturated rings. The number of hydrogen-bond acceptors (Lipinski definition) is 4. The Hall–Kier alpha value is -2.63. The van der Waals surface area contributed by atoms with Gasteiger partial charge in [0.05, 0.1) is 4.90 Å². The van der Waals surface area contributed by atoms with Gasteiger partial charge in [0.25, 0.3) is 10.1 Å². The predicted molar refractivity (Wildman–Crippen MR) is 101 cm³/mol. The Bertz CT molecular complexity index is 921. The van der Waals surface area contributed by atoms with Gasteiger partial charge >= 0.3 is 0 Å². The van der Waals surface area contributed by atoms with Crippen LogP contribution in [0.3, 0.4) is 0 Å². The molecule has 0 N–H and O–H groups in total. The number of aryl methyl sites for hydroxylation is 1. The molecule has 0 radical (unpaired) electrons. The van der Waals surface area contributed by atoms with E-state index in [1.807, 2.05) is 67.6 Å². The molecule has 0 saturated carbocycles. The zero-order valence-corrected chi connectivity index (χ0v) is 15.2. The van der Waals surface area contributed by atoms with Crippen molar-refractivity contribution in [2.24, 2.45) is 0 Å². The summed E-state index contributed by atoms with van der Waals surface area (Å²) < 4.78 is 36.6. The van der Waals surface area contributed by atoms with E-state index in [1.165, 1.54) is 0 Å². The number of rotatable bonds is 7. The monoisotopic (exact) mass is 368 g/mol. The highest BCUT2D eigenvalue weighted by atomic mass is 32.2. The van der Waals surface area contributed by atoms with Crippen LogP contribution in [0.15, 0.2) is 89.8 Å². The Labute approximate surface area is 154 Å². The van der Waals surface area contributed by atoms with Crippen molar-refractivity contribution in [2.45, 2.75) is 17.9 Å². The Morgan fingerprint density at radius 2 is 1.38 bits per heavy atom. The molecule has 0 aliphatic heterocycles. The maximum absolute atomic E-state index is 12.7. The minimum atomic E-state index is -3.91. The average molecular weight is 368 g/mol. The number of benzene rings is 3. The molecule has 0 amide bonds. The van der Waals surface area contributed by atoms with Gasteiger partial charge in [0.15, 0.2) is 0 Å². The molecule has 4 nitrogen and oxygen atoms in total. The number of para-hydroxylation sites is 1. The molecular weight excluding hydrogens is 348 g/mol. The second-order valence-electron chi connectivity index (χ2n) is 5.89. The minimum Gasteiger partial charge on any atom is -0.490 e. The molecule has 0 heterocycles. The molecule has 0 aliphatic rings. The van der Waals surface area contributed by atoms with Crippen LogP contribution in [0.1, 0.15) is 17.2 Å². The first-order valence-corrected chi connectivity index (χ1v) is 9.68. The second-order valence-corrected chi connectivity index (χ2v) is 7.46. The topological polar surface area (TPSA) is 52.6 Å². The molecule has 3 aromatic rings. The maximum atomic E-state index is 12.7. The van der Waals surface area contributed by atoms with Crippen LogP contribution in [-0.4, -0.2) is 15.0 Å². The highest BCUT2D eigenvalue weighted by molar-refractivity contribution is 7.86. The van der Waals surface area contributed by atoms with E-state index < -0.39 is 16.2 Å². The fourth-order valence-electron chi connectivity index (χ4n) is 2.45. The van der Waals surface area contributed by atoms with Gasteiger partial charge in [0.1, 0.15) is 18.5 Å². The maximum Gasteiger partial charge on any atom is 0.297 e. The van der Waals surface area contributed by atoms with Gasteiger partial charge in [-0.1, -0.05) is 66.2 Å². The van der Waals surface area contributed by atoms with E-state index in [-0.39, 0.29) is 11.5 Å². The summed E-state index contributed by atoms with van der Waals surface area (Å²) in [5, 5.41) is 0. The first-order valence-electron chi connectivity index (χ1n) is 8.27. The summed E-state index contributed by atoms with van der Waals surface area (Å²) in [7, 11) is -3.91. The van der Waals surface area contributed by atoms with Crippen LogP contribution in [0.4, 0.5) is 0 Å². The molecule has 1 unspecified atom stereocenters. The minimum absolute atomic E-state index is 0.0825. The molecular formula is C21H20O4S. The van der Waals surface area contributed by atoms with E-state index in [9.17, 15) is 8.42 Å². The van der Waals surface area contributed by atoms with E-state index >= 15 is 0 Å². The third kappa shape index (κ3) is 4.71. The summed E-state index contributed by atoms with van der Waals surface area (Å²) in [5.41, 5.74) is 1.72. The first-order chi connectivity index (χ1) is 12.5. The van der Waals surface area contributed by atoms with Crippen LogP contribution in [-0.2, 0) is 14.3 Å². The highest BCUT2D eigenvalue weighted by Gasteiger charge is 2.24. The summed E-state index contributed by atoms with van der Waals surface area (Å²) in [4.78, 5) is 0.128. The second kappa shape index (κ2) is 8.17. The molecule has 0 aromatic heterocycles. The van der Waals surface area contributed by atoms with Crippen molar-refractivity contribution in [1.29, 1.82) is 0 Å². The fourth-order valence-corrected chi connectivity index (χ4v) is 3.50. The largest absolute Gasteiger partial charge is 0.490 e. The van der Waals surface area contributed by atoms with Crippen LogP contribution < -0.4 is 4.74 Å². The van der Waals surface area contributed by atoms with Crippen LogP contribution in [0.5, 0.6) is 5.75 Å². The zero-order valence-electron chi connectivity index (χ0n) is 14.4. The summed E-state index contributed by atoms with van der Waals surface area (Å²) in [6, 6.07) is 25.0. The van der Waals surface area contributed by atoms with Gasteiger partial charge in [-0.05, 0) is 36.8 Å². The summed E-state index contributed by atoms with van der Waals surface area (Å²) in [6.07, 6.45) is -0.747. The van der Waals surface area contributed by atoms with Crippen molar-refractivity contribution >= 4 is 10.1 Å². The van der Waals surface area contributed by atoms with Crippen LogP contribution >= 0.6 is 0 Å². The lowest BCUT2D eigenvalue weighted by molar-refractivity contribution is 0.135. The summed E-state index contributed by atoms with van der Waals surface area (Å²) >= 11 is 0. The third-order valence-electron chi connectivity index (χ3n) is 3.87. The molecule has 0 spiro atoms. The van der Waals surface area contributed by atoms with Crippen molar-refractivity contribution < 1.29 is 17.3 Å².